The largest absolute Gasteiger partial charge is 0.400 e. The fourth-order valence-corrected chi connectivity index (χ4v) is 2.15. The van der Waals surface area contributed by atoms with Crippen molar-refractivity contribution in [2.24, 2.45) is 5.92 Å². The van der Waals surface area contributed by atoms with Crippen LogP contribution < -0.4 is 4.90 Å². The molecular weight excluding hydrogens is 257 g/mol. The number of anilines is 1. The zero-order chi connectivity index (χ0) is 14.0. The molecule has 1 aliphatic heterocycles. The van der Waals surface area contributed by atoms with Crippen LogP contribution in [0.25, 0.3) is 0 Å². The highest BCUT2D eigenvalue weighted by Crippen LogP contribution is 2.34. The Bertz CT molecular complexity index is 499. The molecule has 1 atom stereocenters. The lowest BCUT2D eigenvalue weighted by atomic mass is 10.0. The van der Waals surface area contributed by atoms with Gasteiger partial charge in [0.25, 0.3) is 0 Å². The van der Waals surface area contributed by atoms with E-state index in [0.29, 0.717) is 12.2 Å². The third kappa shape index (κ3) is 2.62. The van der Waals surface area contributed by atoms with Crippen molar-refractivity contribution >= 4 is 11.7 Å². The number of hydrogen-bond acceptors (Lipinski definition) is 2. The molecule has 1 aliphatic rings. The molecule has 2 heterocycles. The number of amides is 1. The van der Waals surface area contributed by atoms with Gasteiger partial charge in [-0.2, -0.15) is 13.2 Å². The number of rotatable bonds is 3. The second-order valence-corrected chi connectivity index (χ2v) is 4.34. The van der Waals surface area contributed by atoms with Crippen LogP contribution in [0.5, 0.6) is 0 Å². The lowest BCUT2D eigenvalue weighted by Crippen LogP contribution is -2.41. The average molecular weight is 270 g/mol. The monoisotopic (exact) mass is 270 g/mol. The number of carbonyl (C=O) groups excluding carboxylic acids is 1. The van der Waals surface area contributed by atoms with Crippen LogP contribution in [0.3, 0.4) is 0 Å². The van der Waals surface area contributed by atoms with Gasteiger partial charge in [0, 0.05) is 12.7 Å². The quantitative estimate of drug-likeness (QED) is 0.791. The molecule has 0 spiro atoms. The number of halogens is 3. The first-order valence-corrected chi connectivity index (χ1v) is 5.88. The maximum Gasteiger partial charge on any atom is 0.400 e. The van der Waals surface area contributed by atoms with E-state index >= 15 is 0 Å². The van der Waals surface area contributed by atoms with Gasteiger partial charge in [-0.05, 0) is 24.5 Å². The van der Waals surface area contributed by atoms with Gasteiger partial charge >= 0.3 is 6.18 Å². The molecule has 0 unspecified atom stereocenters. The summed E-state index contributed by atoms with van der Waals surface area (Å²) in [5, 5.41) is 0. The van der Waals surface area contributed by atoms with Crippen LogP contribution in [-0.4, -0.2) is 23.6 Å². The van der Waals surface area contributed by atoms with E-state index in [9.17, 15) is 18.0 Å². The van der Waals surface area contributed by atoms with Gasteiger partial charge in [-0.25, -0.2) is 4.98 Å². The minimum absolute atomic E-state index is 0.245. The van der Waals surface area contributed by atoms with Crippen LogP contribution in [0.2, 0.25) is 0 Å². The molecule has 0 aromatic carbocycles. The first kappa shape index (κ1) is 13.6. The second kappa shape index (κ2) is 5.03. The van der Waals surface area contributed by atoms with Gasteiger partial charge in [0.15, 0.2) is 0 Å². The van der Waals surface area contributed by atoms with Gasteiger partial charge < -0.3 is 0 Å². The van der Waals surface area contributed by atoms with Crippen molar-refractivity contribution in [1.29, 1.82) is 0 Å². The number of hydrogen-bond donors (Lipinski definition) is 0. The number of allylic oxidation sites excluding steroid dienone is 1. The first-order chi connectivity index (χ1) is 8.95. The molecule has 1 amide bonds. The van der Waals surface area contributed by atoms with Crippen molar-refractivity contribution in [3.05, 3.63) is 36.5 Å². The summed E-state index contributed by atoms with van der Waals surface area (Å²) in [6.45, 7) is 3.53. The van der Waals surface area contributed by atoms with Crippen molar-refractivity contribution in [3.8, 4) is 0 Å². The molecule has 0 saturated heterocycles. The van der Waals surface area contributed by atoms with Crippen LogP contribution in [-0.2, 0) is 11.2 Å². The van der Waals surface area contributed by atoms with E-state index < -0.39 is 24.4 Å². The molecule has 19 heavy (non-hydrogen) atoms. The van der Waals surface area contributed by atoms with Crippen molar-refractivity contribution < 1.29 is 18.0 Å². The maximum absolute atomic E-state index is 12.9. The maximum atomic E-state index is 12.9. The lowest BCUT2D eigenvalue weighted by molar-refractivity contribution is -0.180. The predicted molar refractivity (Wildman–Crippen MR) is 64.7 cm³/mol. The minimum atomic E-state index is -4.57. The normalized spacial score (nSPS) is 16.1. The number of carbonyl (C=O) groups is 1. The van der Waals surface area contributed by atoms with Crippen molar-refractivity contribution in [2.75, 3.05) is 11.4 Å². The molecule has 102 valence electrons. The number of fused-ring (bicyclic) bond motifs is 1. The van der Waals surface area contributed by atoms with Crippen molar-refractivity contribution in [2.45, 2.75) is 19.0 Å². The van der Waals surface area contributed by atoms with E-state index in [4.69, 9.17) is 0 Å². The third-order valence-electron chi connectivity index (χ3n) is 3.09. The smallest absolute Gasteiger partial charge is 0.296 e. The third-order valence-corrected chi connectivity index (χ3v) is 3.09. The van der Waals surface area contributed by atoms with E-state index in [2.05, 4.69) is 11.6 Å². The van der Waals surface area contributed by atoms with Gasteiger partial charge in [-0.3, -0.25) is 9.69 Å². The average Bonchev–Trinajstić information content (AvgIpc) is 2.77. The van der Waals surface area contributed by atoms with E-state index in [-0.39, 0.29) is 6.54 Å². The van der Waals surface area contributed by atoms with Crippen LogP contribution >= 0.6 is 0 Å². The Morgan fingerprint density at radius 2 is 2.32 bits per heavy atom. The Hall–Kier alpha value is -1.85. The van der Waals surface area contributed by atoms with Gasteiger partial charge in [0.2, 0.25) is 5.91 Å². The summed E-state index contributed by atoms with van der Waals surface area (Å²) < 4.78 is 38.6. The van der Waals surface area contributed by atoms with Crippen LogP contribution in [0.4, 0.5) is 19.0 Å². The fraction of sp³-hybridized carbons (Fsp3) is 0.385. The Morgan fingerprint density at radius 3 is 2.95 bits per heavy atom. The predicted octanol–water partition coefficient (Wildman–Crippen LogP) is 2.73. The van der Waals surface area contributed by atoms with Gasteiger partial charge in [0.1, 0.15) is 11.7 Å². The molecule has 1 aromatic heterocycles. The Balaban J connectivity index is 2.27. The second-order valence-electron chi connectivity index (χ2n) is 4.34. The summed E-state index contributed by atoms with van der Waals surface area (Å²) in [6, 6.07) is 3.48. The van der Waals surface area contributed by atoms with E-state index in [1.54, 1.807) is 12.1 Å². The topological polar surface area (TPSA) is 33.2 Å². The first-order valence-electron chi connectivity index (χ1n) is 5.88. The number of aromatic nitrogens is 1. The van der Waals surface area contributed by atoms with Crippen LogP contribution in [0, 0.1) is 5.92 Å². The van der Waals surface area contributed by atoms with Crippen molar-refractivity contribution in [3.63, 3.8) is 0 Å². The van der Waals surface area contributed by atoms with Crippen LogP contribution in [0.1, 0.15) is 12.0 Å². The number of alkyl halides is 3. The Kier molecular flexibility index (Phi) is 3.59. The minimum Gasteiger partial charge on any atom is -0.296 e. The molecule has 1 aromatic rings. The summed E-state index contributed by atoms with van der Waals surface area (Å²) in [5.74, 6) is -2.66. The summed E-state index contributed by atoms with van der Waals surface area (Å²) >= 11 is 0. The molecule has 3 nitrogen and oxygen atoms in total. The molecule has 0 saturated carbocycles. The fourth-order valence-electron chi connectivity index (χ4n) is 2.15. The highest BCUT2D eigenvalue weighted by atomic mass is 19.4. The number of pyridine rings is 1. The summed E-state index contributed by atoms with van der Waals surface area (Å²) in [7, 11) is 0. The van der Waals surface area contributed by atoms with Crippen LogP contribution in [0.15, 0.2) is 31.0 Å². The SMILES string of the molecule is C=CC[C@H](C(=O)N1CCc2cccnc21)C(F)(F)F. The van der Waals surface area contributed by atoms with Gasteiger partial charge in [0.05, 0.1) is 0 Å². The summed E-state index contributed by atoms with van der Waals surface area (Å²) in [5.41, 5.74) is 0.801. The molecule has 0 fully saturated rings. The van der Waals surface area contributed by atoms with Crippen molar-refractivity contribution in [1.82, 2.24) is 4.98 Å². The standard InChI is InChI=1S/C13H13F3N2O/c1-2-4-10(13(14,15)16)12(19)18-8-6-9-5-3-7-17-11(9)18/h2-3,5,7,10H,1,4,6,8H2/t10-/m1/s1. The van der Waals surface area contributed by atoms with E-state index in [1.807, 2.05) is 0 Å². The molecule has 0 bridgehead atoms. The van der Waals surface area contributed by atoms with E-state index in [1.165, 1.54) is 6.20 Å². The molecule has 0 aliphatic carbocycles. The zero-order valence-corrected chi connectivity index (χ0v) is 10.2. The summed E-state index contributed by atoms with van der Waals surface area (Å²) in [4.78, 5) is 17.2. The zero-order valence-electron chi connectivity index (χ0n) is 10.2. The molecule has 6 heteroatoms. The Labute approximate surface area is 108 Å². The molecule has 0 N–H and O–H groups in total. The number of nitrogens with zero attached hydrogens (tertiary/aromatic N) is 2. The lowest BCUT2D eigenvalue weighted by Gasteiger charge is -2.24. The highest BCUT2D eigenvalue weighted by molar-refractivity contribution is 5.96. The van der Waals surface area contributed by atoms with E-state index in [0.717, 1.165) is 16.5 Å². The molecule has 2 rings (SSSR count). The van der Waals surface area contributed by atoms with Gasteiger partial charge in [-0.1, -0.05) is 12.1 Å². The molecular formula is C13H13F3N2O. The molecule has 0 radical (unpaired) electrons. The summed E-state index contributed by atoms with van der Waals surface area (Å²) in [6.07, 6.45) is -1.86. The van der Waals surface area contributed by atoms with Gasteiger partial charge in [-0.15, -0.1) is 6.58 Å². The highest BCUT2D eigenvalue weighted by Gasteiger charge is 2.46. The Morgan fingerprint density at radius 1 is 1.58 bits per heavy atom.